The maximum atomic E-state index is 13.1. The highest BCUT2D eigenvalue weighted by atomic mass is 35.5. The van der Waals surface area contributed by atoms with E-state index in [1.807, 2.05) is 0 Å². The Hall–Kier alpha value is -5.15. The number of anilines is 3. The van der Waals surface area contributed by atoms with Crippen molar-refractivity contribution in [2.75, 3.05) is 34.1 Å². The highest BCUT2D eigenvalue weighted by molar-refractivity contribution is 7.85. The van der Waals surface area contributed by atoms with Gasteiger partial charge in [0.15, 0.2) is 0 Å². The summed E-state index contributed by atoms with van der Waals surface area (Å²) in [6.07, 6.45) is 3.40. The number of aromatic nitrogens is 3. The summed E-state index contributed by atoms with van der Waals surface area (Å²) in [6, 6.07) is 12.6. The number of aryl methyl sites for hydroxylation is 2. The fourth-order valence-electron chi connectivity index (χ4n) is 4.51. The molecule has 0 aliphatic carbocycles. The molecular weight excluding hydrogens is 634 g/mol. The van der Waals surface area contributed by atoms with Crippen LogP contribution in [0.5, 0.6) is 0 Å². The van der Waals surface area contributed by atoms with E-state index >= 15 is 0 Å². The lowest BCUT2D eigenvalue weighted by Gasteiger charge is -2.10. The first kappa shape index (κ1) is 33.7. The molecule has 0 aliphatic heterocycles. The lowest BCUT2D eigenvalue weighted by atomic mass is 10.2. The van der Waals surface area contributed by atoms with Crippen LogP contribution in [0.25, 0.3) is 0 Å². The molecule has 242 valence electrons. The van der Waals surface area contributed by atoms with Crippen molar-refractivity contribution in [3.63, 3.8) is 0 Å². The quantitative estimate of drug-likeness (QED) is 0.0720. The largest absolute Gasteiger partial charge is 0.388 e. The molecule has 46 heavy (non-hydrogen) atoms. The van der Waals surface area contributed by atoms with E-state index in [2.05, 4.69) is 21.3 Å². The number of hydrogen-bond acceptors (Lipinski definition) is 6. The number of amides is 4. The van der Waals surface area contributed by atoms with Gasteiger partial charge in [-0.2, -0.15) is 0 Å². The Bertz CT molecular complexity index is 1820. The van der Waals surface area contributed by atoms with Crippen LogP contribution in [0.4, 0.5) is 17.2 Å². The van der Waals surface area contributed by atoms with Crippen LogP contribution in [-0.4, -0.2) is 65.6 Å². The van der Waals surface area contributed by atoms with Gasteiger partial charge in [0, 0.05) is 68.6 Å². The fourth-order valence-corrected chi connectivity index (χ4v) is 5.74. The number of nitrogens with zero attached hydrogens (tertiary/aromatic N) is 3. The van der Waals surface area contributed by atoms with Crippen LogP contribution in [0.15, 0.2) is 65.8 Å². The predicted molar refractivity (Wildman–Crippen MR) is 177 cm³/mol. The van der Waals surface area contributed by atoms with Crippen molar-refractivity contribution in [2.45, 2.75) is 11.3 Å². The number of carbonyl (C=O) groups excluding carboxylic acids is 4. The topological polar surface area (TPSA) is 198 Å². The molecule has 1 unspecified atom stereocenters. The number of nitrogens with one attached hydrogen (secondary N) is 5. The highest BCUT2D eigenvalue weighted by Crippen LogP contribution is 2.20. The van der Waals surface area contributed by atoms with Crippen molar-refractivity contribution < 1.29 is 23.4 Å². The first-order valence-corrected chi connectivity index (χ1v) is 15.8. The monoisotopic (exact) mass is 667 g/mol. The molecule has 0 spiro atoms. The van der Waals surface area contributed by atoms with Crippen molar-refractivity contribution >= 4 is 69.1 Å². The average Bonchev–Trinajstić information content (AvgIpc) is 3.68. The van der Waals surface area contributed by atoms with Crippen LogP contribution in [0.1, 0.15) is 48.2 Å². The normalized spacial score (nSPS) is 11.5. The summed E-state index contributed by atoms with van der Waals surface area (Å²) in [7, 11) is 3.71. The fraction of sp³-hybridized carbons (Fsp3) is 0.233. The minimum absolute atomic E-state index is 0.0333. The second-order valence-electron chi connectivity index (χ2n) is 10.3. The molecule has 0 aliphatic rings. The van der Waals surface area contributed by atoms with Crippen molar-refractivity contribution in [1.29, 1.82) is 5.41 Å². The Morgan fingerprint density at radius 1 is 0.804 bits per heavy atom. The number of benzene rings is 1. The van der Waals surface area contributed by atoms with Gasteiger partial charge in [0.25, 0.3) is 23.6 Å². The molecule has 4 aromatic rings. The smallest absolute Gasteiger partial charge is 0.272 e. The van der Waals surface area contributed by atoms with Gasteiger partial charge in [0.2, 0.25) is 0 Å². The maximum Gasteiger partial charge on any atom is 0.272 e. The number of rotatable bonds is 13. The molecule has 0 saturated carbocycles. The van der Waals surface area contributed by atoms with E-state index in [1.165, 1.54) is 16.7 Å². The van der Waals surface area contributed by atoms with Gasteiger partial charge in [-0.15, -0.1) is 11.6 Å². The van der Waals surface area contributed by atoms with Crippen LogP contribution in [0, 0.1) is 5.41 Å². The van der Waals surface area contributed by atoms with Gasteiger partial charge >= 0.3 is 0 Å². The Morgan fingerprint density at radius 3 is 1.93 bits per heavy atom. The van der Waals surface area contributed by atoms with Crippen molar-refractivity contribution in [2.24, 2.45) is 26.9 Å². The summed E-state index contributed by atoms with van der Waals surface area (Å²) in [5.41, 5.74) is 7.26. The lowest BCUT2D eigenvalue weighted by Crippen LogP contribution is -2.28. The molecule has 3 aromatic heterocycles. The van der Waals surface area contributed by atoms with E-state index in [-0.39, 0.29) is 42.0 Å². The third-order valence-corrected chi connectivity index (χ3v) is 8.69. The minimum atomic E-state index is -1.24. The molecule has 0 fully saturated rings. The molecule has 14 nitrogen and oxygen atoms in total. The zero-order chi connectivity index (χ0) is 33.5. The minimum Gasteiger partial charge on any atom is -0.388 e. The molecule has 0 radical (unpaired) electrons. The Morgan fingerprint density at radius 2 is 1.37 bits per heavy atom. The lowest BCUT2D eigenvalue weighted by molar-refractivity contribution is 0.0944. The molecule has 4 rings (SSSR count). The van der Waals surface area contributed by atoms with E-state index in [9.17, 15) is 23.4 Å². The highest BCUT2D eigenvalue weighted by Gasteiger charge is 2.19. The SMILES string of the molecule is Cn1cc(NC(=O)c2cc(NC(=O)c3ccc(NC(=O)c4ccc(S(=O)CCCl)cc4)n3C)cn2C)cc1C(=O)NCCC(=N)N. The number of amidine groups is 1. The number of alkyl halides is 1. The van der Waals surface area contributed by atoms with Gasteiger partial charge in [-0.3, -0.25) is 28.8 Å². The van der Waals surface area contributed by atoms with Crippen LogP contribution in [0.2, 0.25) is 0 Å². The number of halogens is 1. The Labute approximate surface area is 272 Å². The molecule has 16 heteroatoms. The molecule has 4 amide bonds. The van der Waals surface area contributed by atoms with Crippen LogP contribution >= 0.6 is 11.6 Å². The van der Waals surface area contributed by atoms with E-state index in [0.29, 0.717) is 39.1 Å². The first-order chi connectivity index (χ1) is 21.9. The van der Waals surface area contributed by atoms with E-state index < -0.39 is 28.5 Å². The molecule has 1 atom stereocenters. The molecule has 0 saturated heterocycles. The van der Waals surface area contributed by atoms with Gasteiger partial charge < -0.3 is 40.7 Å². The van der Waals surface area contributed by atoms with Crippen LogP contribution in [0.3, 0.4) is 0 Å². The third kappa shape index (κ3) is 8.11. The van der Waals surface area contributed by atoms with Gasteiger partial charge in [0.1, 0.15) is 22.9 Å². The van der Waals surface area contributed by atoms with E-state index in [1.54, 1.807) is 79.1 Å². The van der Waals surface area contributed by atoms with Gasteiger partial charge in [-0.1, -0.05) is 0 Å². The third-order valence-electron chi connectivity index (χ3n) is 6.91. The second kappa shape index (κ2) is 14.8. The number of carbonyl (C=O) groups is 4. The van der Waals surface area contributed by atoms with Crippen molar-refractivity contribution in [1.82, 2.24) is 19.0 Å². The zero-order valence-electron chi connectivity index (χ0n) is 25.3. The van der Waals surface area contributed by atoms with Crippen LogP contribution in [-0.2, 0) is 31.9 Å². The molecule has 3 heterocycles. The summed E-state index contributed by atoms with van der Waals surface area (Å²) in [6.45, 7) is 0.215. The second-order valence-corrected chi connectivity index (χ2v) is 12.2. The Kier molecular flexibility index (Phi) is 10.8. The van der Waals surface area contributed by atoms with Crippen molar-refractivity contribution in [3.05, 3.63) is 83.6 Å². The predicted octanol–water partition coefficient (Wildman–Crippen LogP) is 2.86. The molecule has 0 bridgehead atoms. The van der Waals surface area contributed by atoms with Gasteiger partial charge in [-0.25, -0.2) is 0 Å². The van der Waals surface area contributed by atoms with Crippen molar-refractivity contribution in [3.8, 4) is 0 Å². The first-order valence-electron chi connectivity index (χ1n) is 14.0. The standard InChI is InChI=1S/C30H34ClN9O5S/c1-38-16-19(14-23(38)28(42)34-12-10-25(32)33)36-30(44)24-15-20(17-39(24)2)35-29(43)22-8-9-26(40(22)3)37-27(41)18-4-6-21(7-5-18)46(45)13-11-31/h4-9,14-17H,10-13H2,1-3H3,(H3,32,33)(H,34,42)(H,35,43)(H,36,44)(H,37,41). The summed E-state index contributed by atoms with van der Waals surface area (Å²) < 4.78 is 16.7. The van der Waals surface area contributed by atoms with Gasteiger partial charge in [0.05, 0.1) is 28.0 Å². The zero-order valence-corrected chi connectivity index (χ0v) is 26.9. The van der Waals surface area contributed by atoms with Crippen LogP contribution < -0.4 is 27.0 Å². The summed E-state index contributed by atoms with van der Waals surface area (Å²) in [5.74, 6) is -0.762. The molecule has 1 aromatic carbocycles. The maximum absolute atomic E-state index is 13.1. The summed E-state index contributed by atoms with van der Waals surface area (Å²) in [5, 5.41) is 18.2. The average molecular weight is 668 g/mol. The van der Waals surface area contributed by atoms with E-state index in [4.69, 9.17) is 22.7 Å². The van der Waals surface area contributed by atoms with E-state index in [0.717, 1.165) is 0 Å². The molecular formula is C30H34ClN9O5S. The number of hydrogen-bond donors (Lipinski definition) is 6. The van der Waals surface area contributed by atoms with Gasteiger partial charge in [-0.05, 0) is 48.5 Å². The number of nitrogens with two attached hydrogens (primary N) is 1. The Balaban J connectivity index is 1.37. The summed E-state index contributed by atoms with van der Waals surface area (Å²) in [4.78, 5) is 52.0. The summed E-state index contributed by atoms with van der Waals surface area (Å²) >= 11 is 5.66. The molecule has 7 N–H and O–H groups in total.